The Kier molecular flexibility index (Phi) is 3.13. The molecule has 1 heteroatoms. The van der Waals surface area contributed by atoms with Gasteiger partial charge in [0.15, 0.2) is 0 Å². The van der Waals surface area contributed by atoms with Crippen LogP contribution in [0, 0.1) is 13.0 Å². The van der Waals surface area contributed by atoms with Crippen LogP contribution in [-0.4, -0.2) is 0 Å². The molecule has 0 saturated heterocycles. The van der Waals surface area contributed by atoms with Crippen molar-refractivity contribution in [3.63, 3.8) is 0 Å². The second-order valence-electron chi connectivity index (χ2n) is 3.09. The van der Waals surface area contributed by atoms with Crippen molar-refractivity contribution in [2.45, 2.75) is 19.8 Å². The van der Waals surface area contributed by atoms with E-state index in [1.165, 1.54) is 24.0 Å². The molecule has 0 aliphatic heterocycles. The number of rotatable bonds is 1. The van der Waals surface area contributed by atoms with E-state index in [4.69, 9.17) is 0 Å². The second kappa shape index (κ2) is 3.93. The van der Waals surface area contributed by atoms with Gasteiger partial charge in [-0.15, -0.1) is 41.5 Å². The van der Waals surface area contributed by atoms with Crippen molar-refractivity contribution in [3.8, 4) is 0 Å². The molecule has 2 rings (SSSR count). The Hall–Kier alpha value is -0.521. The largest absolute Gasteiger partial charge is 1.00 e. The fourth-order valence-corrected chi connectivity index (χ4v) is 1.13. The van der Waals surface area contributed by atoms with Gasteiger partial charge in [0.2, 0.25) is 0 Å². The molecule has 0 unspecified atom stereocenters. The van der Waals surface area contributed by atoms with Crippen molar-refractivity contribution < 1.29 is 17.1 Å². The minimum atomic E-state index is 0. The molecule has 1 fully saturated rings. The summed E-state index contributed by atoms with van der Waals surface area (Å²) in [5.74, 6) is 0. The van der Waals surface area contributed by atoms with Gasteiger partial charge in [-0.2, -0.15) is 5.56 Å². The van der Waals surface area contributed by atoms with Gasteiger partial charge < -0.3 is 0 Å². The van der Waals surface area contributed by atoms with Crippen LogP contribution in [-0.2, 0) is 17.1 Å². The first kappa shape index (κ1) is 9.57. The average molecular weight is 207 g/mol. The van der Waals surface area contributed by atoms with Crippen LogP contribution in [0.1, 0.15) is 24.0 Å². The fraction of sp³-hybridized carbons (Fsp3) is 0.273. The minimum Gasteiger partial charge on any atom is -0.150 e. The normalized spacial score (nSPS) is 13.6. The quantitative estimate of drug-likeness (QED) is 0.490. The Morgan fingerprint density at radius 2 is 2.08 bits per heavy atom. The number of hydrogen-bond donors (Lipinski definition) is 0. The van der Waals surface area contributed by atoms with Crippen LogP contribution in [0.3, 0.4) is 0 Å². The SMILES string of the molecule is Cc1[c-]c(C=C2CC2)ccc1.[Cu+]. The van der Waals surface area contributed by atoms with Gasteiger partial charge in [-0.05, 0) is 12.8 Å². The van der Waals surface area contributed by atoms with E-state index >= 15 is 0 Å². The van der Waals surface area contributed by atoms with Crippen LogP contribution in [0.5, 0.6) is 0 Å². The maximum Gasteiger partial charge on any atom is 1.00 e. The Labute approximate surface area is 84.2 Å². The van der Waals surface area contributed by atoms with Gasteiger partial charge in [-0.1, -0.05) is 6.92 Å². The summed E-state index contributed by atoms with van der Waals surface area (Å²) in [6.45, 7) is 2.08. The zero-order valence-electron chi connectivity index (χ0n) is 7.03. The number of hydrogen-bond acceptors (Lipinski definition) is 0. The molecule has 1 aliphatic rings. The van der Waals surface area contributed by atoms with E-state index in [1.54, 1.807) is 5.57 Å². The molecule has 1 aromatic rings. The van der Waals surface area contributed by atoms with Crippen LogP contribution in [0.4, 0.5) is 0 Å². The molecule has 1 aromatic carbocycles. The molecule has 0 spiro atoms. The van der Waals surface area contributed by atoms with E-state index in [0.29, 0.717) is 0 Å². The topological polar surface area (TPSA) is 0 Å². The first-order valence-electron chi connectivity index (χ1n) is 4.03. The van der Waals surface area contributed by atoms with Gasteiger partial charge in [-0.3, -0.25) is 0 Å². The number of benzene rings is 1. The van der Waals surface area contributed by atoms with Gasteiger partial charge in [-0.25, -0.2) is 0 Å². The monoisotopic (exact) mass is 206 g/mol. The Morgan fingerprint density at radius 3 is 2.67 bits per heavy atom. The molecule has 0 bridgehead atoms. The molecule has 66 valence electrons. The van der Waals surface area contributed by atoms with Crippen molar-refractivity contribution in [1.29, 1.82) is 0 Å². The molecular formula is C11H11Cu. The van der Waals surface area contributed by atoms with E-state index in [2.05, 4.69) is 37.3 Å². The van der Waals surface area contributed by atoms with Gasteiger partial charge in [0.05, 0.1) is 0 Å². The number of aryl methyl sites for hydroxylation is 1. The Bertz CT molecular complexity index is 294. The van der Waals surface area contributed by atoms with Crippen LogP contribution >= 0.6 is 0 Å². The number of allylic oxidation sites excluding steroid dienone is 1. The Morgan fingerprint density at radius 1 is 1.33 bits per heavy atom. The molecule has 0 amide bonds. The molecule has 1 saturated carbocycles. The summed E-state index contributed by atoms with van der Waals surface area (Å²) in [5.41, 5.74) is 4.02. The summed E-state index contributed by atoms with van der Waals surface area (Å²) in [5, 5.41) is 0. The maximum atomic E-state index is 3.30. The molecular weight excluding hydrogens is 196 g/mol. The third-order valence-electron chi connectivity index (χ3n) is 1.86. The van der Waals surface area contributed by atoms with Gasteiger partial charge in [0.25, 0.3) is 0 Å². The third kappa shape index (κ3) is 2.51. The molecule has 12 heavy (non-hydrogen) atoms. The van der Waals surface area contributed by atoms with Gasteiger partial charge >= 0.3 is 17.1 Å². The summed E-state index contributed by atoms with van der Waals surface area (Å²) in [6.07, 6.45) is 4.83. The summed E-state index contributed by atoms with van der Waals surface area (Å²) >= 11 is 0. The predicted octanol–water partition coefficient (Wildman–Crippen LogP) is 2.97. The average Bonchev–Trinajstić information content (AvgIpc) is 2.71. The first-order valence-corrected chi connectivity index (χ1v) is 4.03. The fourth-order valence-electron chi connectivity index (χ4n) is 1.13. The van der Waals surface area contributed by atoms with Crippen LogP contribution in [0.25, 0.3) is 6.08 Å². The van der Waals surface area contributed by atoms with E-state index in [-0.39, 0.29) is 17.1 Å². The smallest absolute Gasteiger partial charge is 0.150 e. The molecule has 0 heterocycles. The van der Waals surface area contributed by atoms with Crippen molar-refractivity contribution >= 4 is 6.08 Å². The van der Waals surface area contributed by atoms with Crippen LogP contribution in [0.15, 0.2) is 23.8 Å². The summed E-state index contributed by atoms with van der Waals surface area (Å²) < 4.78 is 0. The van der Waals surface area contributed by atoms with E-state index in [1.807, 2.05) is 0 Å². The predicted molar refractivity (Wildman–Crippen MR) is 47.2 cm³/mol. The van der Waals surface area contributed by atoms with Crippen LogP contribution in [0.2, 0.25) is 0 Å². The summed E-state index contributed by atoms with van der Waals surface area (Å²) in [4.78, 5) is 0. The molecule has 0 radical (unpaired) electrons. The molecule has 1 aliphatic carbocycles. The molecule has 0 aromatic heterocycles. The molecule has 0 N–H and O–H groups in total. The standard InChI is InChI=1S/C11H11.Cu/c1-9-3-2-4-11(7-9)8-10-5-6-10;/h2-4,8H,5-6H2,1H3;/q-1;+1. The van der Waals surface area contributed by atoms with Crippen molar-refractivity contribution in [2.24, 2.45) is 0 Å². The molecule has 0 atom stereocenters. The molecule has 0 nitrogen and oxygen atoms in total. The summed E-state index contributed by atoms with van der Waals surface area (Å²) in [7, 11) is 0. The zero-order chi connectivity index (χ0) is 7.68. The Balaban J connectivity index is 0.000000720. The van der Waals surface area contributed by atoms with E-state index < -0.39 is 0 Å². The third-order valence-corrected chi connectivity index (χ3v) is 1.86. The van der Waals surface area contributed by atoms with E-state index in [0.717, 1.165) is 0 Å². The maximum absolute atomic E-state index is 3.30. The second-order valence-corrected chi connectivity index (χ2v) is 3.09. The first-order chi connectivity index (χ1) is 5.34. The van der Waals surface area contributed by atoms with Gasteiger partial charge in [0.1, 0.15) is 0 Å². The van der Waals surface area contributed by atoms with Crippen molar-refractivity contribution in [3.05, 3.63) is 41.0 Å². The zero-order valence-corrected chi connectivity index (χ0v) is 7.97. The minimum absolute atomic E-state index is 0. The van der Waals surface area contributed by atoms with Gasteiger partial charge in [0, 0.05) is 0 Å². The van der Waals surface area contributed by atoms with E-state index in [9.17, 15) is 0 Å². The van der Waals surface area contributed by atoms with Crippen LogP contribution < -0.4 is 0 Å². The summed E-state index contributed by atoms with van der Waals surface area (Å²) in [6, 6.07) is 9.57. The van der Waals surface area contributed by atoms with Crippen molar-refractivity contribution in [1.82, 2.24) is 0 Å². The van der Waals surface area contributed by atoms with Crippen molar-refractivity contribution in [2.75, 3.05) is 0 Å².